The van der Waals surface area contributed by atoms with E-state index in [0.717, 1.165) is 0 Å². The first-order valence-corrected chi connectivity index (χ1v) is 5.64. The van der Waals surface area contributed by atoms with Crippen LogP contribution < -0.4 is 4.74 Å². The van der Waals surface area contributed by atoms with Crippen LogP contribution in [-0.2, 0) is 21.7 Å². The van der Waals surface area contributed by atoms with Gasteiger partial charge in [0.2, 0.25) is 5.88 Å². The van der Waals surface area contributed by atoms with Crippen molar-refractivity contribution in [2.75, 3.05) is 7.11 Å². The van der Waals surface area contributed by atoms with Crippen molar-refractivity contribution in [1.29, 1.82) is 0 Å². The molecule has 2 N–H and O–H groups in total. The van der Waals surface area contributed by atoms with E-state index in [1.165, 1.54) is 13.3 Å². The van der Waals surface area contributed by atoms with E-state index in [4.69, 9.17) is 9.47 Å². The molecule has 0 aromatic carbocycles. The zero-order valence-electron chi connectivity index (χ0n) is 10.2. The van der Waals surface area contributed by atoms with Gasteiger partial charge in [-0.1, -0.05) is 6.92 Å². The van der Waals surface area contributed by atoms with Crippen LogP contribution in [0.2, 0.25) is 0 Å². The number of ether oxygens (including phenoxy) is 2. The number of aliphatic hydroxyl groups is 2. The van der Waals surface area contributed by atoms with Crippen molar-refractivity contribution in [2.24, 2.45) is 0 Å². The van der Waals surface area contributed by atoms with Gasteiger partial charge in [0.1, 0.15) is 12.2 Å². The Hall–Kier alpha value is -1.66. The predicted molar refractivity (Wildman–Crippen MR) is 60.8 cm³/mol. The summed E-state index contributed by atoms with van der Waals surface area (Å²) in [6.45, 7) is 1.60. The molecule has 6 nitrogen and oxygen atoms in total. The SMILES string of the molecule is CC[C@]1(O)c2ccnc(OC)c2COC(=O)[C@@H]1O. The summed E-state index contributed by atoms with van der Waals surface area (Å²) in [5.74, 6) is -0.570. The van der Waals surface area contributed by atoms with Crippen LogP contribution in [0.5, 0.6) is 5.88 Å². The Bertz CT molecular complexity index is 476. The first-order valence-electron chi connectivity index (χ1n) is 5.64. The molecule has 1 aromatic rings. The fourth-order valence-corrected chi connectivity index (χ4v) is 2.14. The first kappa shape index (κ1) is 12.8. The number of aromatic nitrogens is 1. The second-order valence-electron chi connectivity index (χ2n) is 4.13. The lowest BCUT2D eigenvalue weighted by Gasteiger charge is -2.29. The number of hydrogen-bond donors (Lipinski definition) is 2. The van der Waals surface area contributed by atoms with E-state index in [0.29, 0.717) is 11.1 Å². The number of methoxy groups -OCH3 is 1. The van der Waals surface area contributed by atoms with Crippen molar-refractivity contribution in [3.63, 3.8) is 0 Å². The van der Waals surface area contributed by atoms with Gasteiger partial charge in [-0.05, 0) is 12.5 Å². The van der Waals surface area contributed by atoms with Crippen LogP contribution in [-0.4, -0.2) is 34.4 Å². The summed E-state index contributed by atoms with van der Waals surface area (Å²) in [6.07, 6.45) is 0.0143. The minimum atomic E-state index is -1.68. The first-order chi connectivity index (χ1) is 8.54. The lowest BCUT2D eigenvalue weighted by molar-refractivity contribution is -0.170. The van der Waals surface area contributed by atoms with Crippen LogP contribution in [0.4, 0.5) is 0 Å². The van der Waals surface area contributed by atoms with Gasteiger partial charge in [-0.15, -0.1) is 0 Å². The second-order valence-corrected chi connectivity index (χ2v) is 4.13. The highest BCUT2D eigenvalue weighted by Crippen LogP contribution is 2.37. The Kier molecular flexibility index (Phi) is 3.23. The summed E-state index contributed by atoms with van der Waals surface area (Å²) in [5.41, 5.74) is -0.788. The van der Waals surface area contributed by atoms with Gasteiger partial charge in [-0.2, -0.15) is 0 Å². The summed E-state index contributed by atoms with van der Waals surface area (Å²) in [4.78, 5) is 15.6. The van der Waals surface area contributed by atoms with E-state index >= 15 is 0 Å². The Balaban J connectivity index is 2.64. The van der Waals surface area contributed by atoms with Gasteiger partial charge < -0.3 is 19.7 Å². The van der Waals surface area contributed by atoms with Crippen LogP contribution >= 0.6 is 0 Å². The van der Waals surface area contributed by atoms with Crippen LogP contribution in [0.1, 0.15) is 24.5 Å². The maximum absolute atomic E-state index is 11.6. The van der Waals surface area contributed by atoms with Crippen molar-refractivity contribution in [2.45, 2.75) is 31.7 Å². The number of aliphatic hydroxyl groups excluding tert-OH is 1. The number of fused-ring (bicyclic) bond motifs is 1. The number of esters is 1. The molecule has 1 aromatic heterocycles. The summed E-state index contributed by atoms with van der Waals surface area (Å²) in [7, 11) is 1.44. The molecule has 18 heavy (non-hydrogen) atoms. The molecule has 0 unspecified atom stereocenters. The second kappa shape index (κ2) is 4.55. The number of pyridine rings is 1. The van der Waals surface area contributed by atoms with Crippen LogP contribution in [0.15, 0.2) is 12.3 Å². The van der Waals surface area contributed by atoms with E-state index in [1.54, 1.807) is 13.0 Å². The van der Waals surface area contributed by atoms with Gasteiger partial charge in [-0.25, -0.2) is 9.78 Å². The number of cyclic esters (lactones) is 1. The monoisotopic (exact) mass is 253 g/mol. The number of nitrogens with zero attached hydrogens (tertiary/aromatic N) is 1. The van der Waals surface area contributed by atoms with Gasteiger partial charge in [0.15, 0.2) is 6.10 Å². The van der Waals surface area contributed by atoms with Crippen molar-refractivity contribution in [3.8, 4) is 5.88 Å². The molecular formula is C12H15NO5. The Morgan fingerprint density at radius 1 is 1.67 bits per heavy atom. The summed E-state index contributed by atoms with van der Waals surface area (Å²) in [5, 5.41) is 20.4. The molecular weight excluding hydrogens is 238 g/mol. The molecule has 0 aliphatic carbocycles. The molecule has 6 heteroatoms. The third-order valence-corrected chi connectivity index (χ3v) is 3.25. The molecule has 0 fully saturated rings. The summed E-state index contributed by atoms with van der Waals surface area (Å²) < 4.78 is 9.99. The molecule has 0 saturated heterocycles. The van der Waals surface area contributed by atoms with Gasteiger partial charge >= 0.3 is 5.97 Å². The van der Waals surface area contributed by atoms with Gasteiger partial charge in [-0.3, -0.25) is 0 Å². The van der Waals surface area contributed by atoms with Gasteiger partial charge in [0.05, 0.1) is 12.7 Å². The Morgan fingerprint density at radius 2 is 2.39 bits per heavy atom. The molecule has 0 spiro atoms. The molecule has 1 aliphatic rings. The van der Waals surface area contributed by atoms with E-state index in [-0.39, 0.29) is 18.9 Å². The minimum Gasteiger partial charge on any atom is -0.481 e. The van der Waals surface area contributed by atoms with Crippen LogP contribution in [0, 0.1) is 0 Å². The van der Waals surface area contributed by atoms with Crippen molar-refractivity contribution < 1.29 is 24.5 Å². The quantitative estimate of drug-likeness (QED) is 0.727. The number of carbonyl (C=O) groups is 1. The highest BCUT2D eigenvalue weighted by atomic mass is 16.6. The molecule has 2 atom stereocenters. The summed E-state index contributed by atoms with van der Waals surface area (Å²) in [6, 6.07) is 1.56. The predicted octanol–water partition coefficient (Wildman–Crippen LogP) is 0.105. The van der Waals surface area contributed by atoms with E-state index in [9.17, 15) is 15.0 Å². The molecule has 2 heterocycles. The molecule has 0 bridgehead atoms. The zero-order chi connectivity index (χ0) is 13.3. The van der Waals surface area contributed by atoms with Crippen molar-refractivity contribution in [3.05, 3.63) is 23.4 Å². The zero-order valence-corrected chi connectivity index (χ0v) is 10.2. The normalized spacial score (nSPS) is 27.1. The van der Waals surface area contributed by atoms with E-state index in [1.807, 2.05) is 0 Å². The average molecular weight is 253 g/mol. The number of hydrogen-bond acceptors (Lipinski definition) is 6. The molecule has 2 rings (SSSR count). The maximum Gasteiger partial charge on any atom is 0.338 e. The Labute approximate surface area is 104 Å². The van der Waals surface area contributed by atoms with Gasteiger partial charge in [0, 0.05) is 11.8 Å². The molecule has 0 radical (unpaired) electrons. The fraction of sp³-hybridized carbons (Fsp3) is 0.500. The van der Waals surface area contributed by atoms with Gasteiger partial charge in [0.25, 0.3) is 0 Å². The average Bonchev–Trinajstić information content (AvgIpc) is 2.50. The number of carbonyl (C=O) groups excluding carboxylic acids is 1. The van der Waals surface area contributed by atoms with Crippen molar-refractivity contribution in [1.82, 2.24) is 4.98 Å². The lowest BCUT2D eigenvalue weighted by atomic mass is 9.84. The largest absolute Gasteiger partial charge is 0.481 e. The third kappa shape index (κ3) is 1.74. The highest BCUT2D eigenvalue weighted by molar-refractivity contribution is 5.77. The summed E-state index contributed by atoms with van der Waals surface area (Å²) >= 11 is 0. The highest BCUT2D eigenvalue weighted by Gasteiger charge is 2.45. The minimum absolute atomic E-state index is 0.0788. The molecule has 98 valence electrons. The van der Waals surface area contributed by atoms with Crippen molar-refractivity contribution >= 4 is 5.97 Å². The van der Waals surface area contributed by atoms with E-state index < -0.39 is 17.7 Å². The molecule has 0 saturated carbocycles. The van der Waals surface area contributed by atoms with Crippen LogP contribution in [0.3, 0.4) is 0 Å². The standard InChI is InChI=1S/C12H15NO5/c1-3-12(16)8-4-5-13-10(17-2)7(8)6-18-11(15)9(12)14/h4-5,9,14,16H,3,6H2,1-2H3/t9-,12-/m0/s1. The molecule has 0 amide bonds. The van der Waals surface area contributed by atoms with Crippen LogP contribution in [0.25, 0.3) is 0 Å². The smallest absolute Gasteiger partial charge is 0.338 e. The Morgan fingerprint density at radius 3 is 3.00 bits per heavy atom. The topological polar surface area (TPSA) is 88.9 Å². The fourth-order valence-electron chi connectivity index (χ4n) is 2.14. The third-order valence-electron chi connectivity index (χ3n) is 3.25. The number of rotatable bonds is 2. The van der Waals surface area contributed by atoms with E-state index in [2.05, 4.69) is 4.98 Å². The lowest BCUT2D eigenvalue weighted by Crippen LogP contribution is -2.43. The maximum atomic E-state index is 11.6. The molecule has 1 aliphatic heterocycles.